The Morgan fingerprint density at radius 1 is 0.775 bits per heavy atom. The molecule has 204 valence electrons. The molecule has 0 saturated carbocycles. The standard InChI is InChI=1S/C29H26N4O6S/c1-21(34)31-33(23-10-4-2-5-11-23)28(35)20-30-29(36)22-16-18-25(19-17-22)40(37,38)32-26-14-8-9-15-27(26)39-24-12-6-3-7-13-24/h2-19,32H,20H2,1H3,(H,30,36)(H,31,34). The van der Waals surface area contributed by atoms with E-state index in [4.69, 9.17) is 4.74 Å². The minimum Gasteiger partial charge on any atom is -0.455 e. The molecule has 11 heteroatoms. The highest BCUT2D eigenvalue weighted by Crippen LogP contribution is 2.31. The molecule has 0 spiro atoms. The van der Waals surface area contributed by atoms with E-state index in [1.54, 1.807) is 78.9 Å². The van der Waals surface area contributed by atoms with Crippen molar-refractivity contribution in [3.05, 3.63) is 115 Å². The van der Waals surface area contributed by atoms with Crippen molar-refractivity contribution in [1.82, 2.24) is 10.7 Å². The average molecular weight is 559 g/mol. The summed E-state index contributed by atoms with van der Waals surface area (Å²) in [7, 11) is -4.01. The molecule has 4 aromatic carbocycles. The first kappa shape index (κ1) is 27.9. The van der Waals surface area contributed by atoms with Gasteiger partial charge < -0.3 is 10.1 Å². The van der Waals surface area contributed by atoms with Gasteiger partial charge in [0.05, 0.1) is 22.8 Å². The summed E-state index contributed by atoms with van der Waals surface area (Å²) in [6.45, 7) is 0.856. The second-order valence-corrected chi connectivity index (χ2v) is 10.1. The van der Waals surface area contributed by atoms with Crippen LogP contribution in [0, 0.1) is 0 Å². The van der Waals surface area contributed by atoms with Crippen LogP contribution in [0.2, 0.25) is 0 Å². The van der Waals surface area contributed by atoms with Crippen LogP contribution in [0.1, 0.15) is 17.3 Å². The van der Waals surface area contributed by atoms with Crippen LogP contribution in [0.4, 0.5) is 11.4 Å². The summed E-state index contributed by atoms with van der Waals surface area (Å²) < 4.78 is 34.4. The van der Waals surface area contributed by atoms with Gasteiger partial charge in [0.25, 0.3) is 21.8 Å². The van der Waals surface area contributed by atoms with Gasteiger partial charge >= 0.3 is 0 Å². The van der Waals surface area contributed by atoms with Crippen LogP contribution < -0.4 is 25.2 Å². The molecule has 0 aliphatic heterocycles. The van der Waals surface area contributed by atoms with Gasteiger partial charge in [-0.3, -0.25) is 24.5 Å². The zero-order chi connectivity index (χ0) is 28.5. The van der Waals surface area contributed by atoms with E-state index in [0.29, 0.717) is 17.2 Å². The van der Waals surface area contributed by atoms with E-state index < -0.39 is 34.3 Å². The molecule has 0 fully saturated rings. The maximum atomic E-state index is 13.0. The molecule has 10 nitrogen and oxygen atoms in total. The molecule has 0 heterocycles. The normalized spacial score (nSPS) is 10.7. The number of amides is 3. The number of anilines is 2. The molecule has 0 radical (unpaired) electrons. The van der Waals surface area contributed by atoms with Crippen LogP contribution >= 0.6 is 0 Å². The summed E-state index contributed by atoms with van der Waals surface area (Å²) in [5.74, 6) is -0.755. The summed E-state index contributed by atoms with van der Waals surface area (Å²) in [5, 5.41) is 3.53. The third-order valence-electron chi connectivity index (χ3n) is 5.46. The van der Waals surface area contributed by atoms with Gasteiger partial charge in [-0.25, -0.2) is 13.4 Å². The molecule has 0 aromatic heterocycles. The minimum absolute atomic E-state index is 0.0736. The predicted octanol–water partition coefficient (Wildman–Crippen LogP) is 4.09. The number of nitrogens with one attached hydrogen (secondary N) is 3. The molecule has 0 aliphatic carbocycles. The molecule has 0 bridgehead atoms. The summed E-state index contributed by atoms with van der Waals surface area (Å²) >= 11 is 0. The van der Waals surface area contributed by atoms with E-state index in [2.05, 4.69) is 15.5 Å². The first-order valence-electron chi connectivity index (χ1n) is 12.1. The van der Waals surface area contributed by atoms with Crippen molar-refractivity contribution in [2.45, 2.75) is 11.8 Å². The maximum absolute atomic E-state index is 13.0. The molecule has 0 saturated heterocycles. The number of carbonyl (C=O) groups excluding carboxylic acids is 3. The topological polar surface area (TPSA) is 134 Å². The molecular weight excluding hydrogens is 532 g/mol. The first-order chi connectivity index (χ1) is 19.2. The van der Waals surface area contributed by atoms with E-state index >= 15 is 0 Å². The third-order valence-corrected chi connectivity index (χ3v) is 6.84. The van der Waals surface area contributed by atoms with Crippen LogP contribution in [0.5, 0.6) is 11.5 Å². The molecule has 3 N–H and O–H groups in total. The van der Waals surface area contributed by atoms with E-state index in [0.717, 1.165) is 5.01 Å². The van der Waals surface area contributed by atoms with Crippen molar-refractivity contribution >= 4 is 39.1 Å². The number of ether oxygens (including phenoxy) is 1. The molecule has 3 amide bonds. The highest BCUT2D eigenvalue weighted by atomic mass is 32.2. The van der Waals surface area contributed by atoms with Crippen molar-refractivity contribution in [2.24, 2.45) is 0 Å². The molecular formula is C29H26N4O6S. The van der Waals surface area contributed by atoms with Gasteiger partial charge in [0.1, 0.15) is 5.75 Å². The van der Waals surface area contributed by atoms with Gasteiger partial charge in [0, 0.05) is 12.5 Å². The lowest BCUT2D eigenvalue weighted by atomic mass is 10.2. The highest BCUT2D eigenvalue weighted by molar-refractivity contribution is 7.92. The molecule has 4 rings (SSSR count). The lowest BCUT2D eigenvalue weighted by Gasteiger charge is -2.22. The second kappa shape index (κ2) is 12.6. The number of rotatable bonds is 9. The van der Waals surface area contributed by atoms with E-state index in [9.17, 15) is 22.8 Å². The Labute approximate surface area is 231 Å². The molecule has 4 aromatic rings. The highest BCUT2D eigenvalue weighted by Gasteiger charge is 2.20. The predicted molar refractivity (Wildman–Crippen MR) is 150 cm³/mol. The molecule has 40 heavy (non-hydrogen) atoms. The van der Waals surface area contributed by atoms with E-state index in [1.165, 1.54) is 31.2 Å². The summed E-state index contributed by atoms with van der Waals surface area (Å²) in [4.78, 5) is 36.9. The Balaban J connectivity index is 1.41. The lowest BCUT2D eigenvalue weighted by Crippen LogP contribution is -2.49. The Hall–Kier alpha value is -5.16. The monoisotopic (exact) mass is 558 g/mol. The summed E-state index contributed by atoms with van der Waals surface area (Å²) in [5.41, 5.74) is 3.25. The molecule has 0 unspecified atom stereocenters. The first-order valence-corrected chi connectivity index (χ1v) is 13.6. The quantitative estimate of drug-likeness (QED) is 0.265. The summed E-state index contributed by atoms with van der Waals surface area (Å²) in [6, 6.07) is 29.3. The fourth-order valence-electron chi connectivity index (χ4n) is 3.59. The van der Waals surface area contributed by atoms with E-state index in [1.807, 2.05) is 6.07 Å². The molecule has 0 aliphatic rings. The number of hydrazine groups is 1. The van der Waals surface area contributed by atoms with Crippen LogP contribution in [0.3, 0.4) is 0 Å². The third kappa shape index (κ3) is 7.23. The number of hydrogen-bond acceptors (Lipinski definition) is 6. The van der Waals surface area contributed by atoms with Gasteiger partial charge in [-0.1, -0.05) is 48.5 Å². The lowest BCUT2D eigenvalue weighted by molar-refractivity contribution is -0.124. The Morgan fingerprint density at radius 2 is 1.38 bits per heavy atom. The number of nitrogens with zero attached hydrogens (tertiary/aromatic N) is 1. The van der Waals surface area contributed by atoms with Crippen LogP contribution in [-0.4, -0.2) is 32.7 Å². The number of para-hydroxylation sites is 4. The average Bonchev–Trinajstić information content (AvgIpc) is 2.96. The number of carbonyl (C=O) groups is 3. The van der Waals surface area contributed by atoms with Crippen molar-refractivity contribution in [3.8, 4) is 11.5 Å². The summed E-state index contributed by atoms with van der Waals surface area (Å²) in [6.07, 6.45) is 0. The number of sulfonamides is 1. The van der Waals surface area contributed by atoms with Crippen molar-refractivity contribution < 1.29 is 27.5 Å². The van der Waals surface area contributed by atoms with Gasteiger partial charge in [-0.15, -0.1) is 0 Å². The van der Waals surface area contributed by atoms with Crippen LogP contribution in [0.25, 0.3) is 0 Å². The van der Waals surface area contributed by atoms with Crippen molar-refractivity contribution in [2.75, 3.05) is 16.3 Å². The van der Waals surface area contributed by atoms with Crippen molar-refractivity contribution in [3.63, 3.8) is 0 Å². The Bertz CT molecular complexity index is 1590. The Kier molecular flexibility index (Phi) is 8.77. The van der Waals surface area contributed by atoms with E-state index in [-0.39, 0.29) is 16.1 Å². The zero-order valence-corrected chi connectivity index (χ0v) is 22.2. The number of benzene rings is 4. The fourth-order valence-corrected chi connectivity index (χ4v) is 4.66. The van der Waals surface area contributed by atoms with Gasteiger partial charge in [-0.05, 0) is 60.7 Å². The maximum Gasteiger partial charge on any atom is 0.265 e. The smallest absolute Gasteiger partial charge is 0.265 e. The molecule has 0 atom stereocenters. The van der Waals surface area contributed by atoms with Crippen LogP contribution in [0.15, 0.2) is 114 Å². The number of hydrogen-bond donors (Lipinski definition) is 3. The van der Waals surface area contributed by atoms with Crippen LogP contribution in [-0.2, 0) is 19.6 Å². The van der Waals surface area contributed by atoms with Gasteiger partial charge in [-0.2, -0.15) is 0 Å². The Morgan fingerprint density at radius 3 is 2.02 bits per heavy atom. The van der Waals surface area contributed by atoms with Gasteiger partial charge in [0.2, 0.25) is 5.91 Å². The zero-order valence-electron chi connectivity index (χ0n) is 21.4. The largest absolute Gasteiger partial charge is 0.455 e. The van der Waals surface area contributed by atoms with Crippen molar-refractivity contribution in [1.29, 1.82) is 0 Å². The SMILES string of the molecule is CC(=O)NN(C(=O)CNC(=O)c1ccc(S(=O)(=O)Nc2ccccc2Oc2ccccc2)cc1)c1ccccc1. The van der Waals surface area contributed by atoms with Gasteiger partial charge in [0.15, 0.2) is 5.75 Å². The minimum atomic E-state index is -4.01. The fraction of sp³-hybridized carbons (Fsp3) is 0.0690. The second-order valence-electron chi connectivity index (χ2n) is 8.46.